The molecule has 0 aromatic heterocycles. The lowest BCUT2D eigenvalue weighted by Crippen LogP contribution is -2.30. The molecule has 0 unspecified atom stereocenters. The predicted molar refractivity (Wildman–Crippen MR) is 154 cm³/mol. The summed E-state index contributed by atoms with van der Waals surface area (Å²) in [4.78, 5) is 0. The molecule has 5 aromatic rings. The summed E-state index contributed by atoms with van der Waals surface area (Å²) in [5.74, 6) is 7.27. The van der Waals surface area contributed by atoms with Gasteiger partial charge in [0.15, 0.2) is 0 Å². The summed E-state index contributed by atoms with van der Waals surface area (Å²) in [5.41, 5.74) is 6.91. The summed E-state index contributed by atoms with van der Waals surface area (Å²) < 4.78 is 5.60. The first kappa shape index (κ1) is 25.1. The Morgan fingerprint density at radius 1 is 0.600 bits per heavy atom. The lowest BCUT2D eigenvalue weighted by molar-refractivity contribution is 0.184. The highest BCUT2D eigenvalue weighted by molar-refractivity contribution is 5.89. The lowest BCUT2D eigenvalue weighted by Gasteiger charge is -2.35. The van der Waals surface area contributed by atoms with Crippen molar-refractivity contribution >= 4 is 0 Å². The van der Waals surface area contributed by atoms with Crippen molar-refractivity contribution in [3.8, 4) is 46.0 Å². The molecule has 0 saturated carbocycles. The second-order valence-corrected chi connectivity index (χ2v) is 9.83. The summed E-state index contributed by atoms with van der Waals surface area (Å²) in [7, 11) is 1.64. The van der Waals surface area contributed by atoms with Gasteiger partial charge in [-0.2, -0.15) is 0 Å². The van der Waals surface area contributed by atoms with E-state index in [4.69, 9.17) is 4.74 Å². The van der Waals surface area contributed by atoms with E-state index >= 15 is 0 Å². The molecule has 0 bridgehead atoms. The molecule has 0 aliphatic heterocycles. The zero-order valence-electron chi connectivity index (χ0n) is 21.7. The maximum atomic E-state index is 10.7. The SMILES string of the molecule is COCc1ccc2c(c1C#Cc1ccc(O)cc1)C(c1ccc(O)cc1)(c1ccc(O)cc1)c1cc(O)ccc1-2. The molecular weight excluding hydrogens is 500 g/mol. The van der Waals surface area contributed by atoms with Crippen molar-refractivity contribution in [2.45, 2.75) is 12.0 Å². The average molecular weight is 527 g/mol. The van der Waals surface area contributed by atoms with E-state index in [0.717, 1.165) is 50.1 Å². The van der Waals surface area contributed by atoms with Gasteiger partial charge in [-0.1, -0.05) is 54.3 Å². The Kier molecular flexibility index (Phi) is 6.18. The van der Waals surface area contributed by atoms with Crippen molar-refractivity contribution in [1.29, 1.82) is 0 Å². The molecule has 5 aromatic carbocycles. The van der Waals surface area contributed by atoms with Crippen molar-refractivity contribution in [2.75, 3.05) is 7.11 Å². The Morgan fingerprint density at radius 2 is 1.12 bits per heavy atom. The fraction of sp³-hybridized carbons (Fsp3) is 0.0857. The van der Waals surface area contributed by atoms with Crippen LogP contribution in [0.5, 0.6) is 23.0 Å². The number of rotatable bonds is 4. The lowest BCUT2D eigenvalue weighted by atomic mass is 9.66. The Labute approximate surface area is 232 Å². The van der Waals surface area contributed by atoms with Crippen LogP contribution in [0.3, 0.4) is 0 Å². The Balaban J connectivity index is 1.77. The second kappa shape index (κ2) is 9.85. The number of hydrogen-bond donors (Lipinski definition) is 4. The summed E-state index contributed by atoms with van der Waals surface area (Å²) >= 11 is 0. The molecule has 0 spiro atoms. The first-order valence-electron chi connectivity index (χ1n) is 12.8. The van der Waals surface area contributed by atoms with Gasteiger partial charge < -0.3 is 25.2 Å². The largest absolute Gasteiger partial charge is 0.508 e. The smallest absolute Gasteiger partial charge is 0.115 e. The molecule has 4 N–H and O–H groups in total. The first-order chi connectivity index (χ1) is 19.4. The van der Waals surface area contributed by atoms with Gasteiger partial charge in [0.25, 0.3) is 0 Å². The van der Waals surface area contributed by atoms with Crippen molar-refractivity contribution in [3.63, 3.8) is 0 Å². The average Bonchev–Trinajstić information content (AvgIpc) is 3.24. The maximum Gasteiger partial charge on any atom is 0.115 e. The van der Waals surface area contributed by atoms with Gasteiger partial charge in [-0.3, -0.25) is 0 Å². The van der Waals surface area contributed by atoms with Crippen LogP contribution in [0.2, 0.25) is 0 Å². The number of methoxy groups -OCH3 is 1. The molecule has 6 rings (SSSR count). The van der Waals surface area contributed by atoms with E-state index in [0.29, 0.717) is 6.61 Å². The monoisotopic (exact) mass is 526 g/mol. The van der Waals surface area contributed by atoms with Gasteiger partial charge in [0.1, 0.15) is 23.0 Å². The fourth-order valence-corrected chi connectivity index (χ4v) is 5.76. The minimum Gasteiger partial charge on any atom is -0.508 e. The summed E-state index contributed by atoms with van der Waals surface area (Å²) in [5, 5.41) is 40.9. The van der Waals surface area contributed by atoms with Crippen molar-refractivity contribution in [3.05, 3.63) is 142 Å². The number of ether oxygens (including phenoxy) is 1. The van der Waals surface area contributed by atoms with Crippen LogP contribution < -0.4 is 0 Å². The van der Waals surface area contributed by atoms with Gasteiger partial charge in [0.2, 0.25) is 0 Å². The first-order valence-corrected chi connectivity index (χ1v) is 12.8. The fourth-order valence-electron chi connectivity index (χ4n) is 5.76. The Bertz CT molecular complexity index is 1730. The van der Waals surface area contributed by atoms with E-state index in [2.05, 4.69) is 17.9 Å². The highest BCUT2D eigenvalue weighted by Gasteiger charge is 2.48. The Morgan fingerprint density at radius 3 is 1.70 bits per heavy atom. The molecule has 5 nitrogen and oxygen atoms in total. The molecule has 0 fully saturated rings. The highest BCUT2D eigenvalue weighted by Crippen LogP contribution is 2.58. The van der Waals surface area contributed by atoms with Gasteiger partial charge in [-0.05, 0) is 99.6 Å². The molecule has 5 heteroatoms. The summed E-state index contributed by atoms with van der Waals surface area (Å²) in [6, 6.07) is 30.3. The third kappa shape index (κ3) is 4.03. The second-order valence-electron chi connectivity index (χ2n) is 9.83. The van der Waals surface area contributed by atoms with E-state index in [-0.39, 0.29) is 23.0 Å². The molecule has 196 valence electrons. The van der Waals surface area contributed by atoms with Crippen LogP contribution in [0, 0.1) is 11.8 Å². The molecule has 0 radical (unpaired) electrons. The molecule has 0 atom stereocenters. The van der Waals surface area contributed by atoms with E-state index in [1.165, 1.54) is 0 Å². The Hall–Kier alpha value is -5.18. The van der Waals surface area contributed by atoms with Gasteiger partial charge in [-0.15, -0.1) is 0 Å². The number of phenolic OH excluding ortho intramolecular Hbond substituents is 4. The molecular formula is C35H26O5. The minimum absolute atomic E-state index is 0.127. The van der Waals surface area contributed by atoms with E-state index in [9.17, 15) is 20.4 Å². The topological polar surface area (TPSA) is 90.2 Å². The third-order valence-corrected chi connectivity index (χ3v) is 7.46. The van der Waals surface area contributed by atoms with Gasteiger partial charge in [0.05, 0.1) is 12.0 Å². The van der Waals surface area contributed by atoms with Crippen LogP contribution in [-0.4, -0.2) is 27.5 Å². The van der Waals surface area contributed by atoms with Crippen molar-refractivity contribution in [2.24, 2.45) is 0 Å². The number of hydrogen-bond acceptors (Lipinski definition) is 5. The molecule has 0 saturated heterocycles. The van der Waals surface area contributed by atoms with E-state index in [1.807, 2.05) is 36.4 Å². The number of phenols is 4. The van der Waals surface area contributed by atoms with E-state index < -0.39 is 5.41 Å². The normalized spacial score (nSPS) is 12.7. The molecule has 0 amide bonds. The van der Waals surface area contributed by atoms with Crippen LogP contribution in [0.4, 0.5) is 0 Å². The quantitative estimate of drug-likeness (QED) is 0.199. The summed E-state index contributed by atoms with van der Waals surface area (Å²) in [6.07, 6.45) is 0. The number of fused-ring (bicyclic) bond motifs is 3. The maximum absolute atomic E-state index is 10.7. The van der Waals surface area contributed by atoms with Crippen molar-refractivity contribution in [1.82, 2.24) is 0 Å². The number of benzene rings is 5. The molecule has 40 heavy (non-hydrogen) atoms. The van der Waals surface area contributed by atoms with Gasteiger partial charge in [-0.25, -0.2) is 0 Å². The van der Waals surface area contributed by atoms with Crippen LogP contribution in [0.1, 0.15) is 38.9 Å². The molecule has 1 aliphatic carbocycles. The van der Waals surface area contributed by atoms with Gasteiger partial charge in [0, 0.05) is 18.2 Å². The number of aromatic hydroxyl groups is 4. The standard InChI is InChI=1S/C35H26O5/c1-40-21-23-5-18-32-31-19-16-29(39)20-33(31)35(24-6-12-27(37)13-7-24,25-8-14-28(38)15-9-25)34(32)30(23)17-4-22-2-10-26(36)11-3-22/h2-3,5-16,18-20,36-39H,21H2,1H3. The van der Waals surface area contributed by atoms with Crippen molar-refractivity contribution < 1.29 is 25.2 Å². The van der Waals surface area contributed by atoms with E-state index in [1.54, 1.807) is 67.8 Å². The zero-order valence-corrected chi connectivity index (χ0v) is 21.7. The predicted octanol–water partition coefficient (Wildman–Crippen LogP) is 6.42. The third-order valence-electron chi connectivity index (χ3n) is 7.46. The van der Waals surface area contributed by atoms with Gasteiger partial charge >= 0.3 is 0 Å². The summed E-state index contributed by atoms with van der Waals surface area (Å²) in [6.45, 7) is 0.329. The minimum atomic E-state index is -0.937. The van der Waals surface area contributed by atoms with Crippen LogP contribution in [-0.2, 0) is 16.8 Å². The highest BCUT2D eigenvalue weighted by atomic mass is 16.5. The van der Waals surface area contributed by atoms with Crippen LogP contribution in [0.15, 0.2) is 103 Å². The van der Waals surface area contributed by atoms with Crippen LogP contribution >= 0.6 is 0 Å². The van der Waals surface area contributed by atoms with Crippen LogP contribution in [0.25, 0.3) is 11.1 Å². The molecule has 1 aliphatic rings. The molecule has 0 heterocycles. The zero-order chi connectivity index (χ0) is 27.9.